The predicted octanol–water partition coefficient (Wildman–Crippen LogP) is 3.47. The molecule has 0 radical (unpaired) electrons. The molecule has 0 saturated heterocycles. The Morgan fingerprint density at radius 2 is 1.68 bits per heavy atom. The van der Waals surface area contributed by atoms with Crippen LogP contribution in [0.25, 0.3) is 0 Å². The molecule has 4 fully saturated rings. The molecule has 4 aliphatic rings. The zero-order valence-electron chi connectivity index (χ0n) is 10.8. The third-order valence-corrected chi connectivity index (χ3v) is 5.73. The minimum absolute atomic E-state index is 0.192. The number of hydrogen-bond acceptors (Lipinski definition) is 3. The molecule has 4 bridgehead atoms. The van der Waals surface area contributed by atoms with Crippen molar-refractivity contribution in [1.82, 2.24) is 10.2 Å². The molecule has 3 nitrogen and oxygen atoms in total. The van der Waals surface area contributed by atoms with E-state index in [0.29, 0.717) is 5.56 Å². The van der Waals surface area contributed by atoms with Crippen LogP contribution < -0.4 is 0 Å². The van der Waals surface area contributed by atoms with Gasteiger partial charge < -0.3 is 0 Å². The van der Waals surface area contributed by atoms with Crippen LogP contribution in [-0.2, 0) is 5.41 Å². The Bertz CT molecular complexity index is 540. The van der Waals surface area contributed by atoms with Crippen molar-refractivity contribution in [3.05, 3.63) is 22.5 Å². The topological polar surface area (TPSA) is 49.6 Å². The van der Waals surface area contributed by atoms with E-state index in [1.165, 1.54) is 38.5 Å². The van der Waals surface area contributed by atoms with Gasteiger partial charge in [0.2, 0.25) is 0 Å². The molecule has 0 N–H and O–H groups in total. The molecule has 0 unspecified atom stereocenters. The van der Waals surface area contributed by atoms with Gasteiger partial charge in [-0.05, 0) is 62.3 Å². The third-order valence-electron chi connectivity index (χ3n) is 5.45. The number of halogens is 1. The maximum Gasteiger partial charge on any atom is 0.169 e. The standard InChI is InChI=1S/C15H16ClN3/c16-14-12(8-17)4-13(18-19-14)15-5-9-1-10(6-15)3-11(2-9)7-15/h4,9-11H,1-3,5-7H2. The quantitative estimate of drug-likeness (QED) is 0.787. The third kappa shape index (κ3) is 1.70. The summed E-state index contributed by atoms with van der Waals surface area (Å²) in [6.07, 6.45) is 7.93. The van der Waals surface area contributed by atoms with E-state index in [-0.39, 0.29) is 10.6 Å². The molecule has 1 aromatic heterocycles. The highest BCUT2D eigenvalue weighted by molar-refractivity contribution is 6.30. The van der Waals surface area contributed by atoms with Gasteiger partial charge in [0.1, 0.15) is 6.07 Å². The van der Waals surface area contributed by atoms with Crippen LogP contribution in [0.15, 0.2) is 6.07 Å². The van der Waals surface area contributed by atoms with Crippen molar-refractivity contribution in [3.63, 3.8) is 0 Å². The second-order valence-electron chi connectivity index (χ2n) is 6.74. The van der Waals surface area contributed by atoms with Crippen molar-refractivity contribution in [2.45, 2.75) is 43.9 Å². The van der Waals surface area contributed by atoms with Crippen molar-refractivity contribution in [3.8, 4) is 6.07 Å². The van der Waals surface area contributed by atoms with E-state index in [4.69, 9.17) is 16.9 Å². The molecule has 5 rings (SSSR count). The van der Waals surface area contributed by atoms with Crippen LogP contribution in [0, 0.1) is 29.1 Å². The fourth-order valence-electron chi connectivity index (χ4n) is 5.14. The van der Waals surface area contributed by atoms with Crippen LogP contribution in [-0.4, -0.2) is 10.2 Å². The van der Waals surface area contributed by atoms with Crippen LogP contribution in [0.3, 0.4) is 0 Å². The molecule has 4 aliphatic carbocycles. The number of nitrogens with zero attached hydrogens (tertiary/aromatic N) is 3. The molecular formula is C15H16ClN3. The van der Waals surface area contributed by atoms with Crippen molar-refractivity contribution < 1.29 is 0 Å². The van der Waals surface area contributed by atoms with Gasteiger partial charge in [0, 0.05) is 5.41 Å². The lowest BCUT2D eigenvalue weighted by Gasteiger charge is -2.56. The summed E-state index contributed by atoms with van der Waals surface area (Å²) in [6.45, 7) is 0. The first-order valence-electron chi connectivity index (χ1n) is 7.12. The Kier molecular flexibility index (Phi) is 2.41. The molecule has 1 aromatic rings. The molecule has 19 heavy (non-hydrogen) atoms. The van der Waals surface area contributed by atoms with Crippen LogP contribution in [0.5, 0.6) is 0 Å². The van der Waals surface area contributed by atoms with Gasteiger partial charge in [-0.2, -0.15) is 10.4 Å². The van der Waals surface area contributed by atoms with Gasteiger partial charge in [-0.25, -0.2) is 0 Å². The molecule has 98 valence electrons. The summed E-state index contributed by atoms with van der Waals surface area (Å²) in [7, 11) is 0. The molecule has 1 heterocycles. The number of nitriles is 1. The Morgan fingerprint density at radius 1 is 1.11 bits per heavy atom. The van der Waals surface area contributed by atoms with Gasteiger partial charge in [0.05, 0.1) is 11.3 Å². The van der Waals surface area contributed by atoms with E-state index >= 15 is 0 Å². The smallest absolute Gasteiger partial charge is 0.169 e. The van der Waals surface area contributed by atoms with E-state index in [9.17, 15) is 0 Å². The minimum atomic E-state index is 0.192. The average Bonchev–Trinajstić information content (AvgIpc) is 2.37. The number of rotatable bonds is 1. The van der Waals surface area contributed by atoms with Crippen LogP contribution in [0.4, 0.5) is 0 Å². The lowest BCUT2D eigenvalue weighted by Crippen LogP contribution is -2.49. The lowest BCUT2D eigenvalue weighted by atomic mass is 9.49. The first-order valence-corrected chi connectivity index (χ1v) is 7.50. The second-order valence-corrected chi connectivity index (χ2v) is 7.10. The van der Waals surface area contributed by atoms with E-state index < -0.39 is 0 Å². The lowest BCUT2D eigenvalue weighted by molar-refractivity contribution is -0.00760. The van der Waals surface area contributed by atoms with E-state index in [0.717, 1.165) is 23.4 Å². The maximum atomic E-state index is 9.12. The van der Waals surface area contributed by atoms with Gasteiger partial charge >= 0.3 is 0 Å². The zero-order valence-corrected chi connectivity index (χ0v) is 11.5. The molecule has 4 heteroatoms. The summed E-state index contributed by atoms with van der Waals surface area (Å²) in [5.74, 6) is 2.61. The molecule has 0 aliphatic heterocycles. The Morgan fingerprint density at radius 3 is 2.21 bits per heavy atom. The van der Waals surface area contributed by atoms with Crippen LogP contribution in [0.2, 0.25) is 5.15 Å². The predicted molar refractivity (Wildman–Crippen MR) is 71.6 cm³/mol. The molecule has 0 amide bonds. The number of aromatic nitrogens is 2. The molecule has 4 saturated carbocycles. The Labute approximate surface area is 118 Å². The summed E-state index contributed by atoms with van der Waals surface area (Å²) in [4.78, 5) is 0. The number of hydrogen-bond donors (Lipinski definition) is 0. The van der Waals surface area contributed by atoms with Crippen LogP contribution >= 0.6 is 11.6 Å². The highest BCUT2D eigenvalue weighted by atomic mass is 35.5. The van der Waals surface area contributed by atoms with Crippen molar-refractivity contribution in [2.75, 3.05) is 0 Å². The normalized spacial score (nSPS) is 39.3. The fraction of sp³-hybridized carbons (Fsp3) is 0.667. The Hall–Kier alpha value is -1.14. The van der Waals surface area contributed by atoms with Gasteiger partial charge in [0.25, 0.3) is 0 Å². The summed E-state index contributed by atoms with van der Waals surface area (Å²) in [6, 6.07) is 4.02. The van der Waals surface area contributed by atoms with Gasteiger partial charge in [-0.1, -0.05) is 11.6 Å². The van der Waals surface area contributed by atoms with Crippen molar-refractivity contribution >= 4 is 11.6 Å². The zero-order chi connectivity index (χ0) is 13.0. The highest BCUT2D eigenvalue weighted by Gasteiger charge is 2.52. The monoisotopic (exact) mass is 273 g/mol. The second kappa shape index (κ2) is 3.93. The SMILES string of the molecule is N#Cc1cc(C23CC4CC(CC(C4)C2)C3)nnc1Cl. The summed E-state index contributed by atoms with van der Waals surface area (Å²) in [5, 5.41) is 17.7. The van der Waals surface area contributed by atoms with E-state index in [1.54, 1.807) is 0 Å². The average molecular weight is 274 g/mol. The summed E-state index contributed by atoms with van der Waals surface area (Å²) in [5.41, 5.74) is 1.69. The first-order chi connectivity index (χ1) is 9.18. The maximum absolute atomic E-state index is 9.12. The Balaban J connectivity index is 1.78. The van der Waals surface area contributed by atoms with Crippen molar-refractivity contribution in [1.29, 1.82) is 5.26 Å². The largest absolute Gasteiger partial charge is 0.192 e. The molecular weight excluding hydrogens is 258 g/mol. The highest BCUT2D eigenvalue weighted by Crippen LogP contribution is 2.60. The van der Waals surface area contributed by atoms with Gasteiger partial charge in [-0.15, -0.1) is 5.10 Å². The molecule has 0 aromatic carbocycles. The summed E-state index contributed by atoms with van der Waals surface area (Å²) < 4.78 is 0. The fourth-order valence-corrected chi connectivity index (χ4v) is 5.27. The van der Waals surface area contributed by atoms with E-state index in [1.807, 2.05) is 6.07 Å². The first kappa shape index (κ1) is 11.7. The van der Waals surface area contributed by atoms with E-state index in [2.05, 4.69) is 16.3 Å². The molecule has 0 atom stereocenters. The minimum Gasteiger partial charge on any atom is -0.192 e. The summed E-state index contributed by atoms with van der Waals surface area (Å²) >= 11 is 5.91. The van der Waals surface area contributed by atoms with Gasteiger partial charge in [0.15, 0.2) is 5.15 Å². The van der Waals surface area contributed by atoms with Gasteiger partial charge in [-0.3, -0.25) is 0 Å². The van der Waals surface area contributed by atoms with Crippen molar-refractivity contribution in [2.24, 2.45) is 17.8 Å². The molecule has 0 spiro atoms. The van der Waals surface area contributed by atoms with Crippen LogP contribution in [0.1, 0.15) is 49.8 Å².